The third-order valence-corrected chi connectivity index (χ3v) is 6.23. The maximum absolute atomic E-state index is 12.8. The first kappa shape index (κ1) is 22.8. The molecule has 3 rings (SSSR count). The van der Waals surface area contributed by atoms with Gasteiger partial charge in [0.15, 0.2) is 10.9 Å². The predicted octanol–water partition coefficient (Wildman–Crippen LogP) is 4.56. The van der Waals surface area contributed by atoms with Crippen LogP contribution in [0.4, 0.5) is 23.1 Å². The third-order valence-electron chi connectivity index (χ3n) is 5.04. The van der Waals surface area contributed by atoms with E-state index in [-0.39, 0.29) is 18.4 Å². The average Bonchev–Trinajstić information content (AvgIpc) is 3.24. The van der Waals surface area contributed by atoms with Crippen LogP contribution in [0, 0.1) is 6.92 Å². The molecule has 0 aliphatic carbocycles. The summed E-state index contributed by atoms with van der Waals surface area (Å²) in [5, 5.41) is 0.441. The topological polar surface area (TPSA) is 56.8 Å². The number of thiazole rings is 1. The zero-order valence-corrected chi connectivity index (χ0v) is 18.5. The van der Waals surface area contributed by atoms with Gasteiger partial charge in [-0.2, -0.15) is 13.2 Å². The minimum absolute atomic E-state index is 0.166. The Bertz CT molecular complexity index is 1010. The van der Waals surface area contributed by atoms with E-state index in [1.54, 1.807) is 11.8 Å². The molecular formula is C21H23F3N4O2S. The Morgan fingerprint density at radius 3 is 2.45 bits per heavy atom. The highest BCUT2D eigenvalue weighted by molar-refractivity contribution is 7.18. The molecule has 166 valence electrons. The van der Waals surface area contributed by atoms with Crippen molar-refractivity contribution in [1.29, 1.82) is 0 Å². The fraction of sp³-hybridized carbons (Fsp3) is 0.381. The number of rotatable bonds is 6. The van der Waals surface area contributed by atoms with Gasteiger partial charge in [0, 0.05) is 45.5 Å². The Kier molecular flexibility index (Phi) is 6.40. The molecule has 2 aromatic rings. The van der Waals surface area contributed by atoms with Crippen LogP contribution in [0.15, 0.2) is 36.0 Å². The second kappa shape index (κ2) is 8.70. The first-order chi connectivity index (χ1) is 14.5. The molecule has 0 atom stereocenters. The van der Waals surface area contributed by atoms with Crippen molar-refractivity contribution in [3.63, 3.8) is 0 Å². The highest BCUT2D eigenvalue weighted by Crippen LogP contribution is 2.31. The Balaban J connectivity index is 1.71. The molecule has 1 aliphatic rings. The van der Waals surface area contributed by atoms with Crippen LogP contribution in [0.2, 0.25) is 0 Å². The summed E-state index contributed by atoms with van der Waals surface area (Å²) in [6, 6.07) is 4.50. The van der Waals surface area contributed by atoms with Crippen LogP contribution in [0.1, 0.15) is 33.4 Å². The zero-order valence-electron chi connectivity index (χ0n) is 17.7. The summed E-state index contributed by atoms with van der Waals surface area (Å²) < 4.78 is 38.2. The van der Waals surface area contributed by atoms with Crippen LogP contribution in [0.3, 0.4) is 0 Å². The van der Waals surface area contributed by atoms with Crippen molar-refractivity contribution in [3.8, 4) is 0 Å². The largest absolute Gasteiger partial charge is 0.416 e. The van der Waals surface area contributed by atoms with E-state index in [0.29, 0.717) is 34.4 Å². The summed E-state index contributed by atoms with van der Waals surface area (Å²) in [4.78, 5) is 35.2. The first-order valence-electron chi connectivity index (χ1n) is 9.57. The Morgan fingerprint density at radius 1 is 1.23 bits per heavy atom. The second-order valence-corrected chi connectivity index (χ2v) is 8.48. The van der Waals surface area contributed by atoms with Crippen molar-refractivity contribution in [2.24, 2.45) is 0 Å². The number of carbonyl (C=O) groups is 2. The zero-order chi connectivity index (χ0) is 22.9. The first-order valence-corrected chi connectivity index (χ1v) is 10.4. The molecule has 1 fully saturated rings. The number of hydrogen-bond acceptors (Lipinski definition) is 5. The van der Waals surface area contributed by atoms with Crippen LogP contribution in [0.5, 0.6) is 0 Å². The summed E-state index contributed by atoms with van der Waals surface area (Å²) in [5.41, 5.74) is 1.25. The molecule has 1 saturated heterocycles. The normalized spacial score (nSPS) is 15.1. The van der Waals surface area contributed by atoms with Gasteiger partial charge in [-0.25, -0.2) is 9.78 Å². The summed E-state index contributed by atoms with van der Waals surface area (Å²) in [6.07, 6.45) is -2.86. The minimum Gasteiger partial charge on any atom is -0.381 e. The Labute approximate surface area is 182 Å². The van der Waals surface area contributed by atoms with Gasteiger partial charge in [0.1, 0.15) is 0 Å². The molecule has 2 heterocycles. The molecular weight excluding hydrogens is 429 g/mol. The Morgan fingerprint density at radius 2 is 1.87 bits per heavy atom. The van der Waals surface area contributed by atoms with E-state index in [0.717, 1.165) is 17.8 Å². The summed E-state index contributed by atoms with van der Waals surface area (Å²) in [7, 11) is 3.69. The summed E-state index contributed by atoms with van der Waals surface area (Å²) in [6.45, 7) is 4.58. The molecule has 0 spiro atoms. The van der Waals surface area contributed by atoms with Crippen LogP contribution in [-0.2, 0) is 12.7 Å². The van der Waals surface area contributed by atoms with Gasteiger partial charge < -0.3 is 9.80 Å². The van der Waals surface area contributed by atoms with E-state index in [9.17, 15) is 22.8 Å². The number of urea groups is 1. The van der Waals surface area contributed by atoms with E-state index >= 15 is 0 Å². The standard InChI is InChI=1S/C21H23F3N4O2S/c1-13(26(3)4)11-17(29)18-14(2)25-19(31-18)28-10-9-27(20(28)30)12-15-5-7-16(8-6-15)21(22,23)24/h5-8,11H,9-10,12H2,1-4H3/b13-11+. The lowest BCUT2D eigenvalue weighted by Crippen LogP contribution is -2.31. The van der Waals surface area contributed by atoms with Crippen molar-refractivity contribution in [2.45, 2.75) is 26.6 Å². The minimum atomic E-state index is -4.39. The van der Waals surface area contributed by atoms with Gasteiger partial charge in [-0.1, -0.05) is 23.5 Å². The highest BCUT2D eigenvalue weighted by Gasteiger charge is 2.33. The summed E-state index contributed by atoms with van der Waals surface area (Å²) >= 11 is 1.17. The van der Waals surface area contributed by atoms with Gasteiger partial charge in [0.05, 0.1) is 16.1 Å². The number of hydrogen-bond donors (Lipinski definition) is 0. The van der Waals surface area contributed by atoms with Gasteiger partial charge in [0.2, 0.25) is 0 Å². The SMILES string of the molecule is C/C(=C\C(=O)c1sc(N2CCN(Cc3ccc(C(F)(F)F)cc3)C2=O)nc1C)N(C)C. The number of anilines is 1. The monoisotopic (exact) mass is 452 g/mol. The molecule has 1 aromatic carbocycles. The van der Waals surface area contributed by atoms with Crippen molar-refractivity contribution in [3.05, 3.63) is 57.7 Å². The molecule has 0 saturated carbocycles. The van der Waals surface area contributed by atoms with Crippen LogP contribution >= 0.6 is 11.3 Å². The number of amides is 2. The van der Waals surface area contributed by atoms with Gasteiger partial charge in [-0.05, 0) is 31.5 Å². The van der Waals surface area contributed by atoms with Gasteiger partial charge >= 0.3 is 12.2 Å². The molecule has 0 bridgehead atoms. The fourth-order valence-electron chi connectivity index (χ4n) is 3.04. The lowest BCUT2D eigenvalue weighted by Gasteiger charge is -2.17. The lowest BCUT2D eigenvalue weighted by molar-refractivity contribution is -0.137. The van der Waals surface area contributed by atoms with Crippen LogP contribution < -0.4 is 4.90 Å². The quantitative estimate of drug-likeness (QED) is 0.476. The van der Waals surface area contributed by atoms with Gasteiger partial charge in [-0.15, -0.1) is 0 Å². The summed E-state index contributed by atoms with van der Waals surface area (Å²) in [5.74, 6) is -0.166. The number of ketones is 1. The Hall–Kier alpha value is -2.88. The van der Waals surface area contributed by atoms with Crippen LogP contribution in [0.25, 0.3) is 0 Å². The number of carbonyl (C=O) groups excluding carboxylic acids is 2. The number of benzene rings is 1. The molecule has 2 amide bonds. The van der Waals surface area contributed by atoms with Crippen molar-refractivity contribution < 1.29 is 22.8 Å². The molecule has 31 heavy (non-hydrogen) atoms. The van der Waals surface area contributed by atoms with Crippen LogP contribution in [-0.4, -0.2) is 53.8 Å². The van der Waals surface area contributed by atoms with E-state index in [2.05, 4.69) is 4.98 Å². The van der Waals surface area contributed by atoms with Gasteiger partial charge in [0.25, 0.3) is 0 Å². The van der Waals surface area contributed by atoms with E-state index < -0.39 is 11.7 Å². The molecule has 6 nitrogen and oxygen atoms in total. The number of aromatic nitrogens is 1. The third kappa shape index (κ3) is 5.07. The smallest absolute Gasteiger partial charge is 0.381 e. The number of nitrogens with zero attached hydrogens (tertiary/aromatic N) is 4. The molecule has 0 radical (unpaired) electrons. The molecule has 10 heteroatoms. The fourth-order valence-corrected chi connectivity index (χ4v) is 4.03. The van der Waals surface area contributed by atoms with Crippen molar-refractivity contribution in [2.75, 3.05) is 32.1 Å². The lowest BCUT2D eigenvalue weighted by atomic mass is 10.1. The van der Waals surface area contributed by atoms with Crippen molar-refractivity contribution in [1.82, 2.24) is 14.8 Å². The van der Waals surface area contributed by atoms with E-state index in [1.807, 2.05) is 25.9 Å². The van der Waals surface area contributed by atoms with Gasteiger partial charge in [-0.3, -0.25) is 9.69 Å². The molecule has 1 aromatic heterocycles. The average molecular weight is 453 g/mol. The van der Waals surface area contributed by atoms with E-state index in [1.165, 1.54) is 34.4 Å². The predicted molar refractivity (Wildman–Crippen MR) is 113 cm³/mol. The maximum Gasteiger partial charge on any atom is 0.416 e. The van der Waals surface area contributed by atoms with E-state index in [4.69, 9.17) is 0 Å². The molecule has 0 N–H and O–H groups in total. The molecule has 0 unspecified atom stereocenters. The highest BCUT2D eigenvalue weighted by atomic mass is 32.1. The van der Waals surface area contributed by atoms with Crippen molar-refractivity contribution >= 4 is 28.3 Å². The molecule has 1 aliphatic heterocycles. The number of alkyl halides is 3. The number of allylic oxidation sites excluding steroid dienone is 2. The number of halogens is 3. The number of aryl methyl sites for hydroxylation is 1. The maximum atomic E-state index is 12.8. The second-order valence-electron chi connectivity index (χ2n) is 7.51.